The van der Waals surface area contributed by atoms with Crippen LogP contribution in [0.3, 0.4) is 0 Å². The van der Waals surface area contributed by atoms with Crippen LogP contribution in [0.1, 0.15) is 32.6 Å². The van der Waals surface area contributed by atoms with Gasteiger partial charge in [-0.15, -0.1) is 0 Å². The van der Waals surface area contributed by atoms with Crippen molar-refractivity contribution < 1.29 is 13.9 Å². The van der Waals surface area contributed by atoms with E-state index >= 15 is 0 Å². The average molecular weight is 294 g/mol. The van der Waals surface area contributed by atoms with E-state index in [0.717, 1.165) is 25.7 Å². The zero-order valence-corrected chi connectivity index (χ0v) is 12.4. The van der Waals surface area contributed by atoms with Crippen molar-refractivity contribution >= 4 is 11.6 Å². The number of halogens is 1. The summed E-state index contributed by atoms with van der Waals surface area (Å²) in [4.78, 5) is 11.9. The Hall–Kier alpha value is -1.46. The van der Waals surface area contributed by atoms with E-state index in [2.05, 4.69) is 12.2 Å². The predicted octanol–water partition coefficient (Wildman–Crippen LogP) is 2.69. The van der Waals surface area contributed by atoms with Crippen molar-refractivity contribution in [2.24, 2.45) is 11.7 Å². The molecule has 1 saturated carbocycles. The van der Waals surface area contributed by atoms with Crippen LogP contribution in [0.2, 0.25) is 0 Å². The van der Waals surface area contributed by atoms with E-state index in [9.17, 15) is 9.18 Å². The van der Waals surface area contributed by atoms with Crippen LogP contribution >= 0.6 is 0 Å². The number of amides is 1. The lowest BCUT2D eigenvalue weighted by molar-refractivity contribution is -0.131. The fraction of sp³-hybridized carbons (Fsp3) is 0.562. The largest absolute Gasteiger partial charge is 0.364 e. The first kappa shape index (κ1) is 15.9. The Labute approximate surface area is 124 Å². The van der Waals surface area contributed by atoms with Crippen LogP contribution < -0.4 is 11.1 Å². The second-order valence-electron chi connectivity index (χ2n) is 5.89. The number of anilines is 1. The molecular formula is C16H23FN2O2. The first-order chi connectivity index (χ1) is 10.0. The number of nitrogens with one attached hydrogen (secondary N) is 1. The highest BCUT2D eigenvalue weighted by atomic mass is 19.1. The third kappa shape index (κ3) is 4.25. The quantitative estimate of drug-likeness (QED) is 0.877. The lowest BCUT2D eigenvalue weighted by atomic mass is 9.79. The van der Waals surface area contributed by atoms with Crippen molar-refractivity contribution in [1.82, 2.24) is 0 Å². The zero-order chi connectivity index (χ0) is 15.3. The molecule has 1 fully saturated rings. The highest BCUT2D eigenvalue weighted by molar-refractivity contribution is 5.91. The first-order valence-corrected chi connectivity index (χ1v) is 7.43. The zero-order valence-electron chi connectivity index (χ0n) is 12.4. The van der Waals surface area contributed by atoms with Crippen LogP contribution in [-0.4, -0.2) is 24.7 Å². The maximum Gasteiger partial charge on any atom is 0.250 e. The SMILES string of the molecule is CC1CCC(CN)(OCC(=O)Nc2ccccc2F)CC1. The van der Waals surface area contributed by atoms with Crippen LogP contribution in [0.25, 0.3) is 0 Å². The van der Waals surface area contributed by atoms with Crippen molar-refractivity contribution in [3.63, 3.8) is 0 Å². The maximum absolute atomic E-state index is 13.5. The number of hydrogen-bond acceptors (Lipinski definition) is 3. The number of para-hydroxylation sites is 1. The molecule has 2 rings (SSSR count). The van der Waals surface area contributed by atoms with Crippen molar-refractivity contribution in [3.05, 3.63) is 30.1 Å². The van der Waals surface area contributed by atoms with E-state index < -0.39 is 11.4 Å². The molecule has 1 aromatic rings. The molecule has 0 aromatic heterocycles. The summed E-state index contributed by atoms with van der Waals surface area (Å²) in [5.41, 5.74) is 5.60. The highest BCUT2D eigenvalue weighted by Gasteiger charge is 2.34. The summed E-state index contributed by atoms with van der Waals surface area (Å²) in [7, 11) is 0. The molecular weight excluding hydrogens is 271 g/mol. The summed E-state index contributed by atoms with van der Waals surface area (Å²) < 4.78 is 19.2. The normalized spacial score (nSPS) is 25.6. The molecule has 1 aromatic carbocycles. The van der Waals surface area contributed by atoms with Crippen LogP contribution in [0, 0.1) is 11.7 Å². The molecule has 0 saturated heterocycles. The fourth-order valence-electron chi connectivity index (χ4n) is 2.66. The minimum absolute atomic E-state index is 0.0973. The summed E-state index contributed by atoms with van der Waals surface area (Å²) >= 11 is 0. The Balaban J connectivity index is 1.87. The van der Waals surface area contributed by atoms with Crippen molar-refractivity contribution in [1.29, 1.82) is 0 Å². The highest BCUT2D eigenvalue weighted by Crippen LogP contribution is 2.34. The molecule has 0 radical (unpaired) electrons. The topological polar surface area (TPSA) is 64.3 Å². The molecule has 1 aliphatic carbocycles. The van der Waals surface area contributed by atoms with Gasteiger partial charge >= 0.3 is 0 Å². The fourth-order valence-corrected chi connectivity index (χ4v) is 2.66. The second-order valence-corrected chi connectivity index (χ2v) is 5.89. The standard InChI is InChI=1S/C16H23FN2O2/c1-12-6-8-16(11-18,9-7-12)21-10-15(20)19-14-5-3-2-4-13(14)17/h2-5,12H,6-11,18H2,1H3,(H,19,20). The van der Waals surface area contributed by atoms with E-state index in [-0.39, 0.29) is 18.2 Å². The summed E-state index contributed by atoms with van der Waals surface area (Å²) in [6, 6.07) is 6.08. The lowest BCUT2D eigenvalue weighted by Crippen LogP contribution is -2.45. The van der Waals surface area contributed by atoms with E-state index in [1.807, 2.05) is 0 Å². The molecule has 0 bridgehead atoms. The molecule has 1 amide bonds. The van der Waals surface area contributed by atoms with Gasteiger partial charge in [-0.25, -0.2) is 4.39 Å². The first-order valence-electron chi connectivity index (χ1n) is 7.43. The third-order valence-corrected chi connectivity index (χ3v) is 4.21. The Kier molecular flexibility index (Phi) is 5.31. The Bertz CT molecular complexity index is 485. The maximum atomic E-state index is 13.5. The van der Waals surface area contributed by atoms with Crippen LogP contribution in [0.4, 0.5) is 10.1 Å². The monoisotopic (exact) mass is 294 g/mol. The summed E-state index contributed by atoms with van der Waals surface area (Å²) in [5.74, 6) is -0.127. The van der Waals surface area contributed by atoms with Gasteiger partial charge in [-0.3, -0.25) is 4.79 Å². The second kappa shape index (κ2) is 7.00. The van der Waals surface area contributed by atoms with Crippen molar-refractivity contribution in [2.45, 2.75) is 38.2 Å². The van der Waals surface area contributed by atoms with Gasteiger partial charge in [0, 0.05) is 6.54 Å². The number of hydrogen-bond donors (Lipinski definition) is 2. The molecule has 0 spiro atoms. The summed E-state index contributed by atoms with van der Waals surface area (Å²) in [5, 5.41) is 2.52. The number of ether oxygens (including phenoxy) is 1. The molecule has 4 nitrogen and oxygen atoms in total. The van der Waals surface area contributed by atoms with Crippen LogP contribution in [-0.2, 0) is 9.53 Å². The minimum Gasteiger partial charge on any atom is -0.364 e. The van der Waals surface area contributed by atoms with Gasteiger partial charge in [0.15, 0.2) is 0 Å². The van der Waals surface area contributed by atoms with Crippen molar-refractivity contribution in [2.75, 3.05) is 18.5 Å². The Morgan fingerprint density at radius 1 is 1.43 bits per heavy atom. The van der Waals surface area contributed by atoms with Crippen LogP contribution in [0.5, 0.6) is 0 Å². The van der Waals surface area contributed by atoms with Crippen molar-refractivity contribution in [3.8, 4) is 0 Å². The van der Waals surface area contributed by atoms with Gasteiger partial charge in [-0.1, -0.05) is 19.1 Å². The van der Waals surface area contributed by atoms with Gasteiger partial charge in [-0.05, 0) is 43.7 Å². The van der Waals surface area contributed by atoms with Gasteiger partial charge in [-0.2, -0.15) is 0 Å². The molecule has 0 aliphatic heterocycles. The number of carbonyl (C=O) groups excluding carboxylic acids is 1. The molecule has 5 heteroatoms. The molecule has 1 aliphatic rings. The van der Waals surface area contributed by atoms with E-state index in [1.54, 1.807) is 12.1 Å². The van der Waals surface area contributed by atoms with E-state index in [1.165, 1.54) is 12.1 Å². The summed E-state index contributed by atoms with van der Waals surface area (Å²) in [6.07, 6.45) is 3.87. The number of carbonyl (C=O) groups is 1. The Morgan fingerprint density at radius 3 is 2.71 bits per heavy atom. The van der Waals surface area contributed by atoms with Gasteiger partial charge in [0.2, 0.25) is 5.91 Å². The van der Waals surface area contributed by atoms with Gasteiger partial charge in [0.1, 0.15) is 12.4 Å². The number of nitrogens with two attached hydrogens (primary N) is 1. The molecule has 3 N–H and O–H groups in total. The predicted molar refractivity (Wildman–Crippen MR) is 80.4 cm³/mol. The number of rotatable bonds is 5. The molecule has 0 unspecified atom stereocenters. The third-order valence-electron chi connectivity index (χ3n) is 4.21. The molecule has 0 atom stereocenters. The van der Waals surface area contributed by atoms with E-state index in [0.29, 0.717) is 12.5 Å². The van der Waals surface area contributed by atoms with Gasteiger partial charge in [0.05, 0.1) is 11.3 Å². The smallest absolute Gasteiger partial charge is 0.250 e. The van der Waals surface area contributed by atoms with E-state index in [4.69, 9.17) is 10.5 Å². The van der Waals surface area contributed by atoms with Gasteiger partial charge < -0.3 is 15.8 Å². The lowest BCUT2D eigenvalue weighted by Gasteiger charge is -2.38. The molecule has 21 heavy (non-hydrogen) atoms. The molecule has 0 heterocycles. The summed E-state index contributed by atoms with van der Waals surface area (Å²) in [6.45, 7) is 2.53. The minimum atomic E-state index is -0.453. The average Bonchev–Trinajstić information content (AvgIpc) is 2.50. The Morgan fingerprint density at radius 2 is 2.10 bits per heavy atom. The number of benzene rings is 1. The van der Waals surface area contributed by atoms with Crippen LogP contribution in [0.15, 0.2) is 24.3 Å². The molecule has 116 valence electrons. The van der Waals surface area contributed by atoms with Gasteiger partial charge in [0.25, 0.3) is 0 Å².